The summed E-state index contributed by atoms with van der Waals surface area (Å²) in [4.78, 5) is 17.3. The molecule has 98 valence electrons. The number of rotatable bonds is 5. The van der Waals surface area contributed by atoms with Crippen LogP contribution >= 0.6 is 0 Å². The summed E-state index contributed by atoms with van der Waals surface area (Å²) >= 11 is 0. The highest BCUT2D eigenvalue weighted by molar-refractivity contribution is 5.67. The van der Waals surface area contributed by atoms with E-state index in [4.69, 9.17) is 5.11 Å². The molecule has 1 saturated heterocycles. The number of likely N-dealkylation sites (tertiary alicyclic amines) is 1. The fraction of sp³-hybridized carbons (Fsp3) is 0.571. The molecule has 1 unspecified atom stereocenters. The maximum absolute atomic E-state index is 10.9. The van der Waals surface area contributed by atoms with Gasteiger partial charge in [0.1, 0.15) is 0 Å². The molecule has 0 bridgehead atoms. The molecular formula is C14H20N2O2. The van der Waals surface area contributed by atoms with Crippen LogP contribution in [-0.2, 0) is 11.2 Å². The van der Waals surface area contributed by atoms with Gasteiger partial charge in [-0.15, -0.1) is 0 Å². The summed E-state index contributed by atoms with van der Waals surface area (Å²) in [5.41, 5.74) is 1.22. The van der Waals surface area contributed by atoms with Crippen LogP contribution in [0.3, 0.4) is 0 Å². The van der Waals surface area contributed by atoms with Gasteiger partial charge in [0.05, 0.1) is 6.42 Å². The fourth-order valence-corrected chi connectivity index (χ4v) is 2.61. The number of pyridine rings is 1. The first-order chi connectivity index (χ1) is 8.75. The van der Waals surface area contributed by atoms with Crippen LogP contribution in [-0.4, -0.2) is 40.1 Å². The van der Waals surface area contributed by atoms with Crippen molar-refractivity contribution in [3.05, 3.63) is 30.1 Å². The summed E-state index contributed by atoms with van der Waals surface area (Å²) in [7, 11) is 0. The fourth-order valence-electron chi connectivity index (χ4n) is 2.61. The quantitative estimate of drug-likeness (QED) is 0.865. The summed E-state index contributed by atoms with van der Waals surface area (Å²) in [6.45, 7) is 1.96. The van der Waals surface area contributed by atoms with E-state index in [9.17, 15) is 4.79 Å². The Morgan fingerprint density at radius 3 is 3.11 bits per heavy atom. The molecule has 0 spiro atoms. The second-order valence-corrected chi connectivity index (χ2v) is 4.89. The van der Waals surface area contributed by atoms with Gasteiger partial charge in [-0.05, 0) is 37.4 Å². The lowest BCUT2D eigenvalue weighted by Gasteiger charge is -2.34. The lowest BCUT2D eigenvalue weighted by atomic mass is 9.99. The highest BCUT2D eigenvalue weighted by Crippen LogP contribution is 2.20. The van der Waals surface area contributed by atoms with E-state index in [1.807, 2.05) is 12.3 Å². The van der Waals surface area contributed by atoms with E-state index < -0.39 is 5.97 Å². The topological polar surface area (TPSA) is 53.4 Å². The zero-order valence-electron chi connectivity index (χ0n) is 10.6. The minimum absolute atomic E-state index is 0.216. The third-order valence-electron chi connectivity index (χ3n) is 3.57. The number of carboxylic acid groups (broad SMARTS) is 1. The van der Waals surface area contributed by atoms with Gasteiger partial charge in [-0.2, -0.15) is 0 Å². The Balaban J connectivity index is 1.87. The number of hydrogen-bond acceptors (Lipinski definition) is 3. The van der Waals surface area contributed by atoms with Crippen LogP contribution in [0.5, 0.6) is 0 Å². The van der Waals surface area contributed by atoms with Crippen LogP contribution in [0.4, 0.5) is 0 Å². The van der Waals surface area contributed by atoms with Gasteiger partial charge in [-0.3, -0.25) is 14.7 Å². The highest BCUT2D eigenvalue weighted by atomic mass is 16.4. The molecule has 1 aromatic rings. The molecule has 1 N–H and O–H groups in total. The Kier molecular flexibility index (Phi) is 4.70. The van der Waals surface area contributed by atoms with Gasteiger partial charge >= 0.3 is 5.97 Å². The molecule has 1 fully saturated rings. The number of carboxylic acids is 1. The summed E-state index contributed by atoms with van der Waals surface area (Å²) < 4.78 is 0. The van der Waals surface area contributed by atoms with Gasteiger partial charge in [-0.25, -0.2) is 0 Å². The molecule has 1 aliphatic heterocycles. The lowest BCUT2D eigenvalue weighted by Crippen LogP contribution is -2.41. The molecule has 0 aromatic carbocycles. The Labute approximate surface area is 108 Å². The van der Waals surface area contributed by atoms with Crippen molar-refractivity contribution in [2.75, 3.05) is 13.1 Å². The monoisotopic (exact) mass is 248 g/mol. The Hall–Kier alpha value is -1.42. The van der Waals surface area contributed by atoms with Crippen LogP contribution in [0.15, 0.2) is 24.5 Å². The van der Waals surface area contributed by atoms with Crippen molar-refractivity contribution < 1.29 is 9.90 Å². The standard InChI is InChI=1S/C14H20N2O2/c17-14(18)10-13-5-1-2-8-16(13)9-6-12-4-3-7-15-11-12/h3-4,7,11,13H,1-2,5-6,8-10H2,(H,17,18). The van der Waals surface area contributed by atoms with Crippen molar-refractivity contribution >= 4 is 5.97 Å². The van der Waals surface area contributed by atoms with Crippen molar-refractivity contribution in [2.24, 2.45) is 0 Å². The minimum atomic E-state index is -0.687. The van der Waals surface area contributed by atoms with Crippen molar-refractivity contribution in [3.8, 4) is 0 Å². The smallest absolute Gasteiger partial charge is 0.304 e. The van der Waals surface area contributed by atoms with Gasteiger partial charge < -0.3 is 5.11 Å². The molecule has 2 heterocycles. The van der Waals surface area contributed by atoms with Gasteiger partial charge in [0.25, 0.3) is 0 Å². The second-order valence-electron chi connectivity index (χ2n) is 4.89. The van der Waals surface area contributed by atoms with E-state index in [-0.39, 0.29) is 12.5 Å². The summed E-state index contributed by atoms with van der Waals surface area (Å²) in [6, 6.07) is 4.23. The number of nitrogens with zero attached hydrogens (tertiary/aromatic N) is 2. The molecule has 1 aliphatic rings. The predicted molar refractivity (Wildman–Crippen MR) is 69.4 cm³/mol. The van der Waals surface area contributed by atoms with Crippen LogP contribution in [0.25, 0.3) is 0 Å². The van der Waals surface area contributed by atoms with Gasteiger partial charge in [0.2, 0.25) is 0 Å². The van der Waals surface area contributed by atoms with Crippen molar-refractivity contribution in [2.45, 2.75) is 38.1 Å². The molecule has 0 amide bonds. The molecule has 0 radical (unpaired) electrons. The maximum atomic E-state index is 10.9. The number of carbonyl (C=O) groups is 1. The first-order valence-corrected chi connectivity index (χ1v) is 6.60. The molecule has 4 heteroatoms. The number of piperidine rings is 1. The molecule has 0 saturated carbocycles. The maximum Gasteiger partial charge on any atom is 0.304 e. The molecular weight excluding hydrogens is 228 g/mol. The Morgan fingerprint density at radius 2 is 2.39 bits per heavy atom. The number of aromatic nitrogens is 1. The Morgan fingerprint density at radius 1 is 1.50 bits per heavy atom. The van der Waals surface area contributed by atoms with Gasteiger partial charge in [0.15, 0.2) is 0 Å². The third-order valence-corrected chi connectivity index (χ3v) is 3.57. The van der Waals surface area contributed by atoms with Gasteiger partial charge in [-0.1, -0.05) is 12.5 Å². The molecule has 18 heavy (non-hydrogen) atoms. The average Bonchev–Trinajstić information content (AvgIpc) is 2.38. The Bertz CT molecular complexity index is 381. The minimum Gasteiger partial charge on any atom is -0.481 e. The number of aliphatic carboxylic acids is 1. The summed E-state index contributed by atoms with van der Waals surface area (Å²) in [5, 5.41) is 8.93. The van der Waals surface area contributed by atoms with Crippen molar-refractivity contribution in [1.82, 2.24) is 9.88 Å². The van der Waals surface area contributed by atoms with E-state index in [0.717, 1.165) is 32.4 Å². The lowest BCUT2D eigenvalue weighted by molar-refractivity contribution is -0.138. The van der Waals surface area contributed by atoms with E-state index in [0.29, 0.717) is 0 Å². The molecule has 4 nitrogen and oxygen atoms in total. The third kappa shape index (κ3) is 3.81. The van der Waals surface area contributed by atoms with Crippen LogP contribution in [0, 0.1) is 0 Å². The summed E-state index contributed by atoms with van der Waals surface area (Å²) in [5.74, 6) is -0.687. The SMILES string of the molecule is O=C(O)CC1CCCCN1CCc1cccnc1. The second kappa shape index (κ2) is 6.50. The zero-order chi connectivity index (χ0) is 12.8. The van der Waals surface area contributed by atoms with E-state index >= 15 is 0 Å². The normalized spacial score (nSPS) is 20.8. The molecule has 0 aliphatic carbocycles. The van der Waals surface area contributed by atoms with E-state index in [1.54, 1.807) is 6.20 Å². The molecule has 1 atom stereocenters. The van der Waals surface area contributed by atoms with Crippen LogP contribution in [0.2, 0.25) is 0 Å². The van der Waals surface area contributed by atoms with E-state index in [2.05, 4.69) is 16.0 Å². The largest absolute Gasteiger partial charge is 0.481 e. The van der Waals surface area contributed by atoms with E-state index in [1.165, 1.54) is 12.0 Å². The van der Waals surface area contributed by atoms with Crippen LogP contribution < -0.4 is 0 Å². The first kappa shape index (κ1) is 13.0. The average molecular weight is 248 g/mol. The van der Waals surface area contributed by atoms with Crippen molar-refractivity contribution in [3.63, 3.8) is 0 Å². The first-order valence-electron chi connectivity index (χ1n) is 6.60. The van der Waals surface area contributed by atoms with Gasteiger partial charge in [0, 0.05) is 25.0 Å². The predicted octanol–water partition coefficient (Wildman–Crippen LogP) is 1.95. The van der Waals surface area contributed by atoms with Crippen LogP contribution in [0.1, 0.15) is 31.2 Å². The molecule has 1 aromatic heterocycles. The summed E-state index contributed by atoms with van der Waals surface area (Å²) in [6.07, 6.45) is 8.23. The zero-order valence-corrected chi connectivity index (χ0v) is 10.6. The van der Waals surface area contributed by atoms with Crippen molar-refractivity contribution in [1.29, 1.82) is 0 Å². The highest BCUT2D eigenvalue weighted by Gasteiger charge is 2.23. The molecule has 2 rings (SSSR count). The number of hydrogen-bond donors (Lipinski definition) is 1.